The largest absolute Gasteiger partial charge is 1.00 e. The first kappa shape index (κ1) is 17.3. The Morgan fingerprint density at radius 2 is 1.39 bits per heavy atom. The van der Waals surface area contributed by atoms with Gasteiger partial charge in [-0.1, -0.05) is 42.5 Å². The van der Waals surface area contributed by atoms with Crippen LogP contribution in [-0.4, -0.2) is 18.4 Å². The molecule has 4 nitrogen and oxygen atoms in total. The SMILES string of the molecule is O.O=S(=O)([O-])c1cccc(-c2ccccc2)c1.[Na+]. The van der Waals surface area contributed by atoms with Gasteiger partial charge >= 0.3 is 29.6 Å². The first-order chi connectivity index (χ1) is 7.57. The quantitative estimate of drug-likeness (QED) is 0.490. The van der Waals surface area contributed by atoms with Crippen molar-refractivity contribution in [2.75, 3.05) is 0 Å². The number of benzene rings is 2. The summed E-state index contributed by atoms with van der Waals surface area (Å²) in [6, 6.07) is 15.3. The molecular weight excluding hydrogens is 263 g/mol. The molecule has 0 saturated heterocycles. The molecule has 2 aromatic carbocycles. The maximum atomic E-state index is 10.9. The van der Waals surface area contributed by atoms with Crippen LogP contribution in [0.15, 0.2) is 59.5 Å². The van der Waals surface area contributed by atoms with E-state index in [9.17, 15) is 13.0 Å². The van der Waals surface area contributed by atoms with Crippen molar-refractivity contribution in [1.29, 1.82) is 0 Å². The minimum absolute atomic E-state index is 0. The van der Waals surface area contributed by atoms with Gasteiger partial charge in [0.1, 0.15) is 10.1 Å². The molecule has 0 amide bonds. The van der Waals surface area contributed by atoms with Gasteiger partial charge in [-0.05, 0) is 23.3 Å². The molecule has 2 N–H and O–H groups in total. The van der Waals surface area contributed by atoms with Crippen LogP contribution in [0.5, 0.6) is 0 Å². The average molecular weight is 274 g/mol. The van der Waals surface area contributed by atoms with E-state index in [1.165, 1.54) is 12.1 Å². The second kappa shape index (κ2) is 7.04. The fourth-order valence-electron chi connectivity index (χ4n) is 1.46. The standard InChI is InChI=1S/C12H10O3S.Na.H2O/c13-16(14,15)12-8-4-7-11(9-12)10-5-2-1-3-6-10;;/h1-9H,(H,13,14,15);;1H2/q;+1;/p-1. The normalized spacial score (nSPS) is 10.1. The van der Waals surface area contributed by atoms with Crippen molar-refractivity contribution in [2.45, 2.75) is 4.90 Å². The minimum Gasteiger partial charge on any atom is -0.744 e. The molecule has 2 rings (SSSR count). The van der Waals surface area contributed by atoms with Crippen LogP contribution in [0.25, 0.3) is 11.1 Å². The summed E-state index contributed by atoms with van der Waals surface area (Å²) in [4.78, 5) is -0.200. The first-order valence-electron chi connectivity index (χ1n) is 4.69. The zero-order chi connectivity index (χ0) is 11.6. The second-order valence-electron chi connectivity index (χ2n) is 3.35. The Labute approximate surface area is 128 Å². The fourth-order valence-corrected chi connectivity index (χ4v) is 1.98. The van der Waals surface area contributed by atoms with Crippen molar-refractivity contribution in [3.05, 3.63) is 54.6 Å². The van der Waals surface area contributed by atoms with Gasteiger partial charge in [0, 0.05) is 0 Å². The van der Waals surface area contributed by atoms with Gasteiger partial charge in [0.05, 0.1) is 4.90 Å². The fraction of sp³-hybridized carbons (Fsp3) is 0. The molecule has 0 saturated carbocycles. The maximum absolute atomic E-state index is 10.9. The molecule has 0 aliphatic rings. The summed E-state index contributed by atoms with van der Waals surface area (Å²) in [6.07, 6.45) is 0. The van der Waals surface area contributed by atoms with Crippen molar-refractivity contribution in [2.24, 2.45) is 0 Å². The van der Waals surface area contributed by atoms with Gasteiger partial charge in [-0.25, -0.2) is 8.42 Å². The third kappa shape index (κ3) is 4.20. The zero-order valence-corrected chi connectivity index (χ0v) is 12.6. The van der Waals surface area contributed by atoms with Crippen LogP contribution in [0, 0.1) is 0 Å². The Hall–Kier alpha value is -0.690. The van der Waals surface area contributed by atoms with Crippen LogP contribution in [0.3, 0.4) is 0 Å². The molecule has 0 radical (unpaired) electrons. The van der Waals surface area contributed by atoms with Crippen LogP contribution in [0.2, 0.25) is 0 Å². The second-order valence-corrected chi connectivity index (χ2v) is 4.73. The molecule has 18 heavy (non-hydrogen) atoms. The molecule has 0 aliphatic carbocycles. The van der Waals surface area contributed by atoms with Gasteiger partial charge in [0.15, 0.2) is 0 Å². The summed E-state index contributed by atoms with van der Waals surface area (Å²) in [7, 11) is -4.38. The van der Waals surface area contributed by atoms with Crippen LogP contribution in [0.1, 0.15) is 0 Å². The van der Waals surface area contributed by atoms with Gasteiger partial charge in [0.25, 0.3) is 0 Å². The van der Waals surface area contributed by atoms with E-state index in [0.29, 0.717) is 0 Å². The summed E-state index contributed by atoms with van der Waals surface area (Å²) in [5, 5.41) is 0. The minimum atomic E-state index is -4.38. The van der Waals surface area contributed by atoms with Crippen LogP contribution in [0.4, 0.5) is 0 Å². The van der Waals surface area contributed by atoms with E-state index in [4.69, 9.17) is 0 Å². The van der Waals surface area contributed by atoms with Crippen molar-refractivity contribution in [1.82, 2.24) is 0 Å². The molecule has 0 fully saturated rings. The molecule has 0 atom stereocenters. The Morgan fingerprint density at radius 3 is 1.94 bits per heavy atom. The average Bonchev–Trinajstić information content (AvgIpc) is 2.29. The van der Waals surface area contributed by atoms with E-state index in [0.717, 1.165) is 11.1 Å². The van der Waals surface area contributed by atoms with E-state index >= 15 is 0 Å². The summed E-state index contributed by atoms with van der Waals surface area (Å²) in [5.41, 5.74) is 1.60. The van der Waals surface area contributed by atoms with Gasteiger partial charge in [-0.3, -0.25) is 0 Å². The predicted octanol–water partition coefficient (Wildman–Crippen LogP) is -1.56. The van der Waals surface area contributed by atoms with Crippen molar-refractivity contribution >= 4 is 10.1 Å². The molecule has 90 valence electrons. The summed E-state index contributed by atoms with van der Waals surface area (Å²) in [6.45, 7) is 0. The zero-order valence-electron chi connectivity index (χ0n) is 9.83. The van der Waals surface area contributed by atoms with Crippen LogP contribution < -0.4 is 29.6 Å². The monoisotopic (exact) mass is 274 g/mol. The maximum Gasteiger partial charge on any atom is 1.00 e. The van der Waals surface area contributed by atoms with Crippen LogP contribution >= 0.6 is 0 Å². The Morgan fingerprint density at radius 1 is 0.833 bits per heavy atom. The molecule has 0 heterocycles. The van der Waals surface area contributed by atoms with Gasteiger partial charge in [-0.2, -0.15) is 0 Å². The number of rotatable bonds is 2. The van der Waals surface area contributed by atoms with Crippen molar-refractivity contribution in [3.63, 3.8) is 0 Å². The van der Waals surface area contributed by atoms with Gasteiger partial charge in [0.2, 0.25) is 0 Å². The molecule has 0 aromatic heterocycles. The number of hydrogen-bond acceptors (Lipinski definition) is 3. The molecule has 0 aliphatic heterocycles. The molecule has 0 bridgehead atoms. The summed E-state index contributed by atoms with van der Waals surface area (Å²) >= 11 is 0. The third-order valence-electron chi connectivity index (χ3n) is 2.23. The molecule has 2 aromatic rings. The summed E-state index contributed by atoms with van der Waals surface area (Å²) in [5.74, 6) is 0. The third-order valence-corrected chi connectivity index (χ3v) is 3.06. The van der Waals surface area contributed by atoms with E-state index in [2.05, 4.69) is 0 Å². The van der Waals surface area contributed by atoms with Crippen LogP contribution in [-0.2, 0) is 10.1 Å². The summed E-state index contributed by atoms with van der Waals surface area (Å²) < 4.78 is 32.6. The topological polar surface area (TPSA) is 88.7 Å². The van der Waals surface area contributed by atoms with E-state index in [1.807, 2.05) is 30.3 Å². The van der Waals surface area contributed by atoms with Crippen molar-refractivity contribution < 1.29 is 48.0 Å². The Balaban J connectivity index is 0.00000144. The smallest absolute Gasteiger partial charge is 0.744 e. The van der Waals surface area contributed by atoms with E-state index in [-0.39, 0.29) is 39.9 Å². The predicted molar refractivity (Wildman–Crippen MR) is 63.5 cm³/mol. The molecular formula is C12H11NaO4S. The van der Waals surface area contributed by atoms with Gasteiger partial charge < -0.3 is 10.0 Å². The molecule has 0 spiro atoms. The first-order valence-corrected chi connectivity index (χ1v) is 6.09. The Kier molecular flexibility index (Phi) is 6.77. The molecule has 6 heteroatoms. The Bertz CT molecular complexity index is 596. The molecule has 0 unspecified atom stereocenters. The van der Waals surface area contributed by atoms with E-state index < -0.39 is 10.1 Å². The number of hydrogen-bond donors (Lipinski definition) is 0. The van der Waals surface area contributed by atoms with Crippen molar-refractivity contribution in [3.8, 4) is 11.1 Å². The van der Waals surface area contributed by atoms with E-state index in [1.54, 1.807) is 12.1 Å². The van der Waals surface area contributed by atoms with Gasteiger partial charge in [-0.15, -0.1) is 0 Å².